The van der Waals surface area contributed by atoms with E-state index in [2.05, 4.69) is 25.9 Å². The molecule has 0 radical (unpaired) electrons. The summed E-state index contributed by atoms with van der Waals surface area (Å²) in [5.74, 6) is 1.56. The first-order valence-corrected chi connectivity index (χ1v) is 11.7. The Kier molecular flexibility index (Phi) is 8.25. The molecule has 1 aromatic heterocycles. The Hall–Kier alpha value is -3.16. The second-order valence-corrected chi connectivity index (χ2v) is 9.35. The molecule has 1 heterocycles. The van der Waals surface area contributed by atoms with Crippen molar-refractivity contribution in [2.75, 3.05) is 29.6 Å². The van der Waals surface area contributed by atoms with Crippen molar-refractivity contribution in [2.45, 2.75) is 59.0 Å². The molecule has 0 bridgehead atoms. The summed E-state index contributed by atoms with van der Waals surface area (Å²) in [6, 6.07) is 7.89. The topological polar surface area (TPSA) is 99.2 Å². The molecule has 1 aromatic carbocycles. The molecule has 1 fully saturated rings. The molecular formula is C25H36N6O2. The molecule has 0 saturated heterocycles. The van der Waals surface area contributed by atoms with E-state index in [0.717, 1.165) is 48.3 Å². The summed E-state index contributed by atoms with van der Waals surface area (Å²) in [4.78, 5) is 35.6. The standard InChI is InChI=1S/C25H36N6O2/c1-16(2)23(32)28-21-8-6-7-18(13-21)15-26-24(33)19-9-11-20(12-10-19)29-25-27-14-17(3)22(30-25)31(4)5/h6-8,13-14,16,19-20H,9-12,15H2,1-5H3,(H,26,33)(H,28,32)(H,27,29,30). The first-order chi connectivity index (χ1) is 15.7. The molecule has 1 saturated carbocycles. The summed E-state index contributed by atoms with van der Waals surface area (Å²) < 4.78 is 0. The minimum absolute atomic E-state index is 0.0168. The molecule has 2 amide bonds. The molecule has 3 N–H and O–H groups in total. The van der Waals surface area contributed by atoms with Crippen molar-refractivity contribution in [1.82, 2.24) is 15.3 Å². The average Bonchev–Trinajstić information content (AvgIpc) is 2.79. The third-order valence-electron chi connectivity index (χ3n) is 5.99. The first kappa shape index (κ1) is 24.5. The monoisotopic (exact) mass is 452 g/mol. The molecule has 33 heavy (non-hydrogen) atoms. The molecule has 8 heteroatoms. The highest BCUT2D eigenvalue weighted by molar-refractivity contribution is 5.92. The van der Waals surface area contributed by atoms with Gasteiger partial charge in [0.25, 0.3) is 0 Å². The van der Waals surface area contributed by atoms with E-state index in [1.54, 1.807) is 0 Å². The van der Waals surface area contributed by atoms with E-state index in [4.69, 9.17) is 0 Å². The predicted molar refractivity (Wildman–Crippen MR) is 132 cm³/mol. The van der Waals surface area contributed by atoms with Gasteiger partial charge in [0.15, 0.2) is 0 Å². The summed E-state index contributed by atoms with van der Waals surface area (Å²) in [7, 11) is 3.95. The number of carbonyl (C=O) groups is 2. The fourth-order valence-electron chi connectivity index (χ4n) is 4.02. The van der Waals surface area contributed by atoms with Gasteiger partial charge < -0.3 is 20.9 Å². The van der Waals surface area contributed by atoms with E-state index in [9.17, 15) is 9.59 Å². The van der Waals surface area contributed by atoms with Crippen molar-refractivity contribution in [1.29, 1.82) is 0 Å². The van der Waals surface area contributed by atoms with E-state index in [1.165, 1.54) is 0 Å². The van der Waals surface area contributed by atoms with Crippen LogP contribution in [-0.4, -0.2) is 41.9 Å². The summed E-state index contributed by atoms with van der Waals surface area (Å²) >= 11 is 0. The van der Waals surface area contributed by atoms with Crippen molar-refractivity contribution in [3.8, 4) is 0 Å². The molecule has 178 valence electrons. The van der Waals surface area contributed by atoms with Gasteiger partial charge in [-0.25, -0.2) is 4.98 Å². The van der Waals surface area contributed by atoms with Gasteiger partial charge in [-0.1, -0.05) is 26.0 Å². The highest BCUT2D eigenvalue weighted by atomic mass is 16.2. The summed E-state index contributed by atoms with van der Waals surface area (Å²) in [6.45, 7) is 6.17. The Bertz CT molecular complexity index is 967. The van der Waals surface area contributed by atoms with Crippen molar-refractivity contribution >= 4 is 29.3 Å². The van der Waals surface area contributed by atoms with Gasteiger partial charge in [0.05, 0.1) is 0 Å². The number of nitrogens with zero attached hydrogens (tertiary/aromatic N) is 3. The van der Waals surface area contributed by atoms with Crippen LogP contribution in [-0.2, 0) is 16.1 Å². The van der Waals surface area contributed by atoms with E-state index in [1.807, 2.05) is 70.2 Å². The number of aromatic nitrogens is 2. The molecule has 3 rings (SSSR count). The van der Waals surface area contributed by atoms with Crippen molar-refractivity contribution in [2.24, 2.45) is 11.8 Å². The van der Waals surface area contributed by atoms with Gasteiger partial charge in [0.2, 0.25) is 17.8 Å². The number of anilines is 3. The van der Waals surface area contributed by atoms with Crippen LogP contribution in [0.15, 0.2) is 30.5 Å². The average molecular weight is 453 g/mol. The van der Waals surface area contributed by atoms with Gasteiger partial charge in [-0.2, -0.15) is 4.98 Å². The summed E-state index contributed by atoms with van der Waals surface area (Å²) in [5, 5.41) is 9.39. The largest absolute Gasteiger partial charge is 0.362 e. The lowest BCUT2D eigenvalue weighted by molar-refractivity contribution is -0.126. The highest BCUT2D eigenvalue weighted by Gasteiger charge is 2.26. The third-order valence-corrected chi connectivity index (χ3v) is 5.99. The smallest absolute Gasteiger partial charge is 0.226 e. The maximum absolute atomic E-state index is 12.7. The van der Waals surface area contributed by atoms with E-state index < -0.39 is 0 Å². The molecule has 1 aliphatic rings. The van der Waals surface area contributed by atoms with Gasteiger partial charge in [-0.05, 0) is 50.3 Å². The van der Waals surface area contributed by atoms with Crippen LogP contribution in [0.3, 0.4) is 0 Å². The Morgan fingerprint density at radius 2 is 1.88 bits per heavy atom. The van der Waals surface area contributed by atoms with Gasteiger partial charge in [0, 0.05) is 56.0 Å². The molecule has 0 atom stereocenters. The maximum Gasteiger partial charge on any atom is 0.226 e. The predicted octanol–water partition coefficient (Wildman–Crippen LogP) is 3.73. The maximum atomic E-state index is 12.7. The van der Waals surface area contributed by atoms with Crippen LogP contribution >= 0.6 is 0 Å². The molecule has 0 unspecified atom stereocenters. The zero-order chi connectivity index (χ0) is 24.0. The highest BCUT2D eigenvalue weighted by Crippen LogP contribution is 2.27. The minimum Gasteiger partial charge on any atom is -0.362 e. The van der Waals surface area contributed by atoms with Crippen LogP contribution in [0, 0.1) is 18.8 Å². The van der Waals surface area contributed by atoms with Crippen LogP contribution < -0.4 is 20.9 Å². The molecule has 0 spiro atoms. The number of aryl methyl sites for hydroxylation is 1. The Balaban J connectivity index is 1.46. The van der Waals surface area contributed by atoms with Crippen LogP contribution in [0.1, 0.15) is 50.7 Å². The van der Waals surface area contributed by atoms with Crippen molar-refractivity contribution in [3.63, 3.8) is 0 Å². The lowest BCUT2D eigenvalue weighted by Crippen LogP contribution is -2.36. The number of hydrogen-bond donors (Lipinski definition) is 3. The lowest BCUT2D eigenvalue weighted by atomic mass is 9.85. The van der Waals surface area contributed by atoms with Crippen molar-refractivity contribution in [3.05, 3.63) is 41.6 Å². The van der Waals surface area contributed by atoms with Gasteiger partial charge in [0.1, 0.15) is 5.82 Å². The number of benzene rings is 1. The van der Waals surface area contributed by atoms with Crippen LogP contribution in [0.5, 0.6) is 0 Å². The number of rotatable bonds is 8. The Labute approximate surface area is 196 Å². The zero-order valence-corrected chi connectivity index (χ0v) is 20.3. The van der Waals surface area contributed by atoms with E-state index in [0.29, 0.717) is 12.5 Å². The van der Waals surface area contributed by atoms with Crippen molar-refractivity contribution < 1.29 is 9.59 Å². The van der Waals surface area contributed by atoms with Crippen LogP contribution in [0.25, 0.3) is 0 Å². The fourth-order valence-corrected chi connectivity index (χ4v) is 4.02. The normalized spacial score (nSPS) is 18.0. The number of carbonyl (C=O) groups excluding carboxylic acids is 2. The molecule has 1 aliphatic carbocycles. The van der Waals surface area contributed by atoms with Crippen LogP contribution in [0.2, 0.25) is 0 Å². The third kappa shape index (κ3) is 6.91. The van der Waals surface area contributed by atoms with Gasteiger partial charge in [-0.15, -0.1) is 0 Å². The summed E-state index contributed by atoms with van der Waals surface area (Å²) in [6.07, 6.45) is 5.32. The first-order valence-electron chi connectivity index (χ1n) is 11.7. The summed E-state index contributed by atoms with van der Waals surface area (Å²) in [5.41, 5.74) is 2.76. The molecule has 2 aromatic rings. The van der Waals surface area contributed by atoms with Gasteiger partial charge in [-0.3, -0.25) is 9.59 Å². The van der Waals surface area contributed by atoms with Gasteiger partial charge >= 0.3 is 0 Å². The second-order valence-electron chi connectivity index (χ2n) is 9.35. The lowest BCUT2D eigenvalue weighted by Gasteiger charge is -2.28. The number of amides is 2. The zero-order valence-electron chi connectivity index (χ0n) is 20.3. The number of hydrogen-bond acceptors (Lipinski definition) is 6. The minimum atomic E-state index is -0.0782. The van der Waals surface area contributed by atoms with E-state index >= 15 is 0 Å². The molecule has 8 nitrogen and oxygen atoms in total. The quantitative estimate of drug-likeness (QED) is 0.564. The molecule has 0 aliphatic heterocycles. The SMILES string of the molecule is Cc1cnc(NC2CCC(C(=O)NCc3cccc(NC(=O)C(C)C)c3)CC2)nc1N(C)C. The van der Waals surface area contributed by atoms with E-state index in [-0.39, 0.29) is 29.7 Å². The Morgan fingerprint density at radius 3 is 2.55 bits per heavy atom. The second kappa shape index (κ2) is 11.1. The Morgan fingerprint density at radius 1 is 1.15 bits per heavy atom. The molecular weight excluding hydrogens is 416 g/mol. The van der Waals surface area contributed by atoms with Crippen LogP contribution in [0.4, 0.5) is 17.5 Å². The fraction of sp³-hybridized carbons (Fsp3) is 0.520. The number of nitrogens with one attached hydrogen (secondary N) is 3.